The lowest BCUT2D eigenvalue weighted by atomic mass is 9.92. The number of hydrogen-bond donors (Lipinski definition) is 0. The minimum atomic E-state index is 0.00195. The second kappa shape index (κ2) is 7.37. The Bertz CT molecular complexity index is 773. The minimum Gasteiger partial charge on any atom is -0.496 e. The number of methoxy groups -OCH3 is 1. The van der Waals surface area contributed by atoms with Gasteiger partial charge in [-0.15, -0.1) is 0 Å². The molecule has 1 heterocycles. The number of carbonyl (C=O) groups excluding carboxylic acids is 2. The summed E-state index contributed by atoms with van der Waals surface area (Å²) in [6.45, 7) is 4.56. The lowest BCUT2D eigenvalue weighted by molar-refractivity contribution is -0.136. The van der Waals surface area contributed by atoms with Crippen LogP contribution >= 0.6 is 0 Å². The van der Waals surface area contributed by atoms with E-state index >= 15 is 0 Å². The van der Waals surface area contributed by atoms with E-state index in [0.717, 1.165) is 31.4 Å². The number of rotatable bonds is 3. The normalized spacial score (nSPS) is 27.0. The van der Waals surface area contributed by atoms with Crippen molar-refractivity contribution in [2.24, 2.45) is 17.8 Å². The molecular formula is C22H28N2O3. The number of ether oxygens (including phenoxy) is 1. The highest BCUT2D eigenvalue weighted by atomic mass is 16.5. The van der Waals surface area contributed by atoms with Crippen molar-refractivity contribution in [1.29, 1.82) is 0 Å². The zero-order valence-corrected chi connectivity index (χ0v) is 16.2. The molecule has 0 aromatic heterocycles. The van der Waals surface area contributed by atoms with Gasteiger partial charge in [-0.25, -0.2) is 0 Å². The number of fused-ring (bicyclic) bond motifs is 2. The third-order valence-corrected chi connectivity index (χ3v) is 6.36. The Balaban J connectivity index is 1.44. The molecule has 1 saturated carbocycles. The van der Waals surface area contributed by atoms with E-state index in [1.165, 1.54) is 0 Å². The molecule has 2 aliphatic carbocycles. The van der Waals surface area contributed by atoms with Crippen LogP contribution in [0.2, 0.25) is 0 Å². The second-order valence-corrected chi connectivity index (χ2v) is 8.01. The van der Waals surface area contributed by atoms with Crippen molar-refractivity contribution in [3.8, 4) is 5.75 Å². The first kappa shape index (κ1) is 18.1. The SMILES string of the molecule is COc1cccc(C)c1C(=O)N1CCCN(C(=O)[C@@H]2C[C@@H]3C=C[C@H]2C3)CC1. The van der Waals surface area contributed by atoms with Gasteiger partial charge in [-0.1, -0.05) is 24.3 Å². The van der Waals surface area contributed by atoms with Crippen molar-refractivity contribution in [2.45, 2.75) is 26.2 Å². The third-order valence-electron chi connectivity index (χ3n) is 6.36. The number of carbonyl (C=O) groups is 2. The average Bonchev–Trinajstić information content (AvgIpc) is 3.22. The highest BCUT2D eigenvalue weighted by Crippen LogP contribution is 2.44. The molecule has 4 rings (SSSR count). The largest absolute Gasteiger partial charge is 0.496 e. The zero-order chi connectivity index (χ0) is 19.0. The van der Waals surface area contributed by atoms with Gasteiger partial charge in [0.1, 0.15) is 5.75 Å². The van der Waals surface area contributed by atoms with E-state index in [4.69, 9.17) is 4.74 Å². The fourth-order valence-corrected chi connectivity index (χ4v) is 4.88. The van der Waals surface area contributed by atoms with E-state index < -0.39 is 0 Å². The first-order valence-electron chi connectivity index (χ1n) is 9.98. The van der Waals surface area contributed by atoms with E-state index in [1.807, 2.05) is 34.9 Å². The van der Waals surface area contributed by atoms with Gasteiger partial charge in [-0.2, -0.15) is 0 Å². The van der Waals surface area contributed by atoms with E-state index in [-0.39, 0.29) is 17.7 Å². The summed E-state index contributed by atoms with van der Waals surface area (Å²) in [5, 5.41) is 0. The van der Waals surface area contributed by atoms with Crippen LogP contribution in [-0.4, -0.2) is 54.9 Å². The van der Waals surface area contributed by atoms with Crippen LogP contribution in [0.1, 0.15) is 35.2 Å². The summed E-state index contributed by atoms with van der Waals surface area (Å²) in [7, 11) is 1.60. The number of benzene rings is 1. The molecule has 144 valence electrons. The number of allylic oxidation sites excluding steroid dienone is 2. The Labute approximate surface area is 161 Å². The predicted octanol–water partition coefficient (Wildman–Crippen LogP) is 2.89. The lowest BCUT2D eigenvalue weighted by Gasteiger charge is -2.27. The molecule has 27 heavy (non-hydrogen) atoms. The first-order chi connectivity index (χ1) is 13.1. The quantitative estimate of drug-likeness (QED) is 0.771. The molecule has 1 aromatic carbocycles. The van der Waals surface area contributed by atoms with Crippen molar-refractivity contribution in [3.63, 3.8) is 0 Å². The van der Waals surface area contributed by atoms with Crippen LogP contribution in [0.3, 0.4) is 0 Å². The van der Waals surface area contributed by atoms with Crippen molar-refractivity contribution in [3.05, 3.63) is 41.5 Å². The molecular weight excluding hydrogens is 340 g/mol. The summed E-state index contributed by atoms with van der Waals surface area (Å²) in [6, 6.07) is 5.67. The maximum absolute atomic E-state index is 13.1. The molecule has 0 spiro atoms. The zero-order valence-electron chi connectivity index (χ0n) is 16.2. The van der Waals surface area contributed by atoms with Crippen LogP contribution in [0.25, 0.3) is 0 Å². The van der Waals surface area contributed by atoms with Crippen LogP contribution in [0.5, 0.6) is 5.75 Å². The van der Waals surface area contributed by atoms with Gasteiger partial charge in [-0.3, -0.25) is 9.59 Å². The molecule has 1 saturated heterocycles. The molecule has 0 N–H and O–H groups in total. The van der Waals surface area contributed by atoms with Gasteiger partial charge in [0, 0.05) is 32.1 Å². The van der Waals surface area contributed by atoms with Gasteiger partial charge in [0.2, 0.25) is 5.91 Å². The molecule has 5 heteroatoms. The second-order valence-electron chi connectivity index (χ2n) is 8.01. The van der Waals surface area contributed by atoms with Crippen LogP contribution in [0.15, 0.2) is 30.4 Å². The fourth-order valence-electron chi connectivity index (χ4n) is 4.88. The molecule has 3 aliphatic rings. The fraction of sp³-hybridized carbons (Fsp3) is 0.545. The van der Waals surface area contributed by atoms with Gasteiger partial charge in [0.15, 0.2) is 0 Å². The summed E-state index contributed by atoms with van der Waals surface area (Å²) in [5.74, 6) is 2.09. The van der Waals surface area contributed by atoms with Crippen molar-refractivity contribution in [1.82, 2.24) is 9.80 Å². The van der Waals surface area contributed by atoms with Crippen molar-refractivity contribution in [2.75, 3.05) is 33.3 Å². The monoisotopic (exact) mass is 368 g/mol. The van der Waals surface area contributed by atoms with Crippen LogP contribution < -0.4 is 4.74 Å². The Morgan fingerprint density at radius 2 is 1.81 bits per heavy atom. The number of aryl methyl sites for hydroxylation is 1. The molecule has 1 aromatic rings. The third kappa shape index (κ3) is 3.35. The summed E-state index contributed by atoms with van der Waals surface area (Å²) >= 11 is 0. The standard InChI is InChI=1S/C22H28N2O3/c1-15-5-3-6-19(27-2)20(15)22(26)24-10-4-9-23(11-12-24)21(25)18-14-16-7-8-17(18)13-16/h3,5-8,16-18H,4,9-14H2,1-2H3/t16-,17+,18-/m1/s1. The number of hydrogen-bond acceptors (Lipinski definition) is 3. The van der Waals surface area contributed by atoms with E-state index in [0.29, 0.717) is 42.8 Å². The molecule has 0 unspecified atom stereocenters. The van der Waals surface area contributed by atoms with E-state index in [1.54, 1.807) is 7.11 Å². The van der Waals surface area contributed by atoms with Crippen molar-refractivity contribution >= 4 is 11.8 Å². The average molecular weight is 368 g/mol. The molecule has 3 atom stereocenters. The van der Waals surface area contributed by atoms with Gasteiger partial charge in [0.25, 0.3) is 5.91 Å². The van der Waals surface area contributed by atoms with E-state index in [9.17, 15) is 9.59 Å². The topological polar surface area (TPSA) is 49.9 Å². The number of amides is 2. The Morgan fingerprint density at radius 3 is 2.52 bits per heavy atom. The highest BCUT2D eigenvalue weighted by molar-refractivity contribution is 5.98. The van der Waals surface area contributed by atoms with E-state index in [2.05, 4.69) is 12.2 Å². The lowest BCUT2D eigenvalue weighted by Crippen LogP contribution is -2.41. The summed E-state index contributed by atoms with van der Waals surface area (Å²) in [6.07, 6.45) is 7.46. The maximum atomic E-state index is 13.1. The summed E-state index contributed by atoms with van der Waals surface area (Å²) in [5.41, 5.74) is 1.56. The Kier molecular flexibility index (Phi) is 4.94. The van der Waals surface area contributed by atoms with Crippen LogP contribution in [0, 0.1) is 24.7 Å². The Morgan fingerprint density at radius 1 is 1.04 bits per heavy atom. The maximum Gasteiger partial charge on any atom is 0.257 e. The van der Waals surface area contributed by atoms with Gasteiger partial charge >= 0.3 is 0 Å². The molecule has 1 aliphatic heterocycles. The summed E-state index contributed by atoms with van der Waals surface area (Å²) < 4.78 is 5.41. The molecule has 5 nitrogen and oxygen atoms in total. The highest BCUT2D eigenvalue weighted by Gasteiger charge is 2.41. The molecule has 2 bridgehead atoms. The molecule has 2 fully saturated rings. The van der Waals surface area contributed by atoms with Crippen LogP contribution in [0.4, 0.5) is 0 Å². The van der Waals surface area contributed by atoms with Gasteiger partial charge in [-0.05, 0) is 49.7 Å². The summed E-state index contributed by atoms with van der Waals surface area (Å²) in [4.78, 5) is 30.0. The Hall–Kier alpha value is -2.30. The smallest absolute Gasteiger partial charge is 0.257 e. The van der Waals surface area contributed by atoms with Crippen LogP contribution in [-0.2, 0) is 4.79 Å². The van der Waals surface area contributed by atoms with Crippen molar-refractivity contribution < 1.29 is 14.3 Å². The predicted molar refractivity (Wildman–Crippen MR) is 104 cm³/mol. The molecule has 0 radical (unpaired) electrons. The van der Waals surface area contributed by atoms with Gasteiger partial charge in [0.05, 0.1) is 12.7 Å². The van der Waals surface area contributed by atoms with Gasteiger partial charge < -0.3 is 14.5 Å². The number of nitrogens with zero attached hydrogens (tertiary/aromatic N) is 2. The minimum absolute atomic E-state index is 0.00195. The first-order valence-corrected chi connectivity index (χ1v) is 9.98. The molecule has 2 amide bonds.